The van der Waals surface area contributed by atoms with Crippen molar-refractivity contribution in [2.45, 2.75) is 51.6 Å². The van der Waals surface area contributed by atoms with Crippen molar-refractivity contribution < 1.29 is 4.84 Å². The van der Waals surface area contributed by atoms with Crippen LogP contribution in [0.3, 0.4) is 0 Å². The Labute approximate surface area is 87.1 Å². The van der Waals surface area contributed by atoms with E-state index in [4.69, 9.17) is 4.84 Å². The Morgan fingerprint density at radius 2 is 1.57 bits per heavy atom. The Morgan fingerprint density at radius 1 is 1.14 bits per heavy atom. The molecular weight excluding hydrogens is 176 g/mol. The molecule has 0 saturated carbocycles. The van der Waals surface area contributed by atoms with Crippen molar-refractivity contribution in [2.24, 2.45) is 5.16 Å². The molecule has 0 bridgehead atoms. The van der Waals surface area contributed by atoms with Crippen LogP contribution in [-0.4, -0.2) is 35.8 Å². The summed E-state index contributed by atoms with van der Waals surface area (Å²) in [7, 11) is 3.80. The summed E-state index contributed by atoms with van der Waals surface area (Å²) in [4.78, 5) is 7.30. The highest BCUT2D eigenvalue weighted by Gasteiger charge is 2.41. The van der Waals surface area contributed by atoms with Gasteiger partial charge in [-0.2, -0.15) is 0 Å². The number of likely N-dealkylation sites (tertiary alicyclic amines) is 1. The smallest absolute Gasteiger partial charge is 0.106 e. The van der Waals surface area contributed by atoms with Gasteiger partial charge in [0, 0.05) is 23.9 Å². The second-order valence-corrected chi connectivity index (χ2v) is 5.38. The van der Waals surface area contributed by atoms with Crippen LogP contribution in [0.15, 0.2) is 5.16 Å². The molecule has 0 atom stereocenters. The Hall–Kier alpha value is -0.570. The topological polar surface area (TPSA) is 24.8 Å². The van der Waals surface area contributed by atoms with Gasteiger partial charge in [-0.3, -0.25) is 4.90 Å². The van der Waals surface area contributed by atoms with Gasteiger partial charge in [0.1, 0.15) is 7.11 Å². The van der Waals surface area contributed by atoms with Crippen LogP contribution in [-0.2, 0) is 4.84 Å². The standard InChI is InChI=1S/C11H22N2O/c1-10(2)7-9(12-14-6)8-11(3,4)13(10)5/h7-8H2,1-6H3. The maximum Gasteiger partial charge on any atom is 0.106 e. The Bertz CT molecular complexity index is 224. The van der Waals surface area contributed by atoms with E-state index >= 15 is 0 Å². The summed E-state index contributed by atoms with van der Waals surface area (Å²) in [5.74, 6) is 0. The van der Waals surface area contributed by atoms with Crippen LogP contribution in [0.5, 0.6) is 0 Å². The van der Waals surface area contributed by atoms with Crippen LogP contribution >= 0.6 is 0 Å². The van der Waals surface area contributed by atoms with Gasteiger partial charge in [-0.05, 0) is 34.7 Å². The molecule has 0 spiro atoms. The van der Waals surface area contributed by atoms with E-state index < -0.39 is 0 Å². The Kier molecular flexibility index (Phi) is 2.91. The van der Waals surface area contributed by atoms with E-state index in [-0.39, 0.29) is 11.1 Å². The molecule has 0 aromatic carbocycles. The lowest BCUT2D eigenvalue weighted by Gasteiger charge is -2.50. The zero-order valence-corrected chi connectivity index (χ0v) is 10.2. The molecule has 1 fully saturated rings. The molecule has 1 aliphatic rings. The summed E-state index contributed by atoms with van der Waals surface area (Å²) in [6.07, 6.45) is 1.97. The second kappa shape index (κ2) is 3.54. The Balaban J connectivity index is 2.92. The van der Waals surface area contributed by atoms with Crippen molar-refractivity contribution in [3.05, 3.63) is 0 Å². The minimum absolute atomic E-state index is 0.166. The number of hydrogen-bond donors (Lipinski definition) is 0. The van der Waals surface area contributed by atoms with Gasteiger partial charge in [-0.15, -0.1) is 0 Å². The summed E-state index contributed by atoms with van der Waals surface area (Å²) in [6.45, 7) is 9.00. The van der Waals surface area contributed by atoms with Gasteiger partial charge in [-0.25, -0.2) is 0 Å². The van der Waals surface area contributed by atoms with E-state index in [9.17, 15) is 0 Å². The minimum atomic E-state index is 0.166. The van der Waals surface area contributed by atoms with Crippen molar-refractivity contribution in [1.29, 1.82) is 0 Å². The van der Waals surface area contributed by atoms with Gasteiger partial charge < -0.3 is 4.84 Å². The molecule has 1 rings (SSSR count). The molecule has 1 heterocycles. The molecule has 1 saturated heterocycles. The molecule has 0 aromatic heterocycles. The van der Waals surface area contributed by atoms with Crippen molar-refractivity contribution in [2.75, 3.05) is 14.2 Å². The third-order valence-electron chi connectivity index (χ3n) is 3.31. The minimum Gasteiger partial charge on any atom is -0.399 e. The predicted octanol–water partition coefficient (Wildman–Crippen LogP) is 2.27. The van der Waals surface area contributed by atoms with E-state index in [0.29, 0.717) is 0 Å². The van der Waals surface area contributed by atoms with E-state index in [2.05, 4.69) is 44.8 Å². The molecule has 14 heavy (non-hydrogen) atoms. The zero-order chi connectivity index (χ0) is 11.0. The first-order valence-corrected chi connectivity index (χ1v) is 5.12. The maximum absolute atomic E-state index is 4.87. The summed E-state index contributed by atoms with van der Waals surface area (Å²) < 4.78 is 0. The molecule has 0 amide bonds. The predicted molar refractivity (Wildman–Crippen MR) is 59.6 cm³/mol. The van der Waals surface area contributed by atoms with Crippen LogP contribution in [0.2, 0.25) is 0 Å². The third kappa shape index (κ3) is 2.08. The number of hydrogen-bond acceptors (Lipinski definition) is 3. The van der Waals surface area contributed by atoms with Gasteiger partial charge in [0.2, 0.25) is 0 Å². The molecule has 3 nitrogen and oxygen atoms in total. The lowest BCUT2D eigenvalue weighted by Crippen LogP contribution is -2.58. The highest BCUT2D eigenvalue weighted by atomic mass is 16.6. The molecule has 82 valence electrons. The molecular formula is C11H22N2O. The quantitative estimate of drug-likeness (QED) is 0.604. The number of piperidine rings is 1. The lowest BCUT2D eigenvalue weighted by molar-refractivity contribution is 0.0356. The molecule has 0 aliphatic carbocycles. The van der Waals surface area contributed by atoms with E-state index in [1.165, 1.54) is 5.71 Å². The molecule has 0 aromatic rings. The van der Waals surface area contributed by atoms with Crippen LogP contribution < -0.4 is 0 Å². The number of oxime groups is 1. The molecule has 3 heteroatoms. The maximum atomic E-state index is 4.87. The van der Waals surface area contributed by atoms with Crippen molar-refractivity contribution in [3.8, 4) is 0 Å². The summed E-state index contributed by atoms with van der Waals surface area (Å²) in [6, 6.07) is 0. The fourth-order valence-corrected chi connectivity index (χ4v) is 2.31. The monoisotopic (exact) mass is 198 g/mol. The van der Waals surface area contributed by atoms with Gasteiger partial charge in [0.25, 0.3) is 0 Å². The summed E-state index contributed by atoms with van der Waals surface area (Å²) in [5.41, 5.74) is 1.50. The Morgan fingerprint density at radius 3 is 1.93 bits per heavy atom. The summed E-state index contributed by atoms with van der Waals surface area (Å²) >= 11 is 0. The van der Waals surface area contributed by atoms with Gasteiger partial charge in [0.15, 0.2) is 0 Å². The number of nitrogens with zero attached hydrogens (tertiary/aromatic N) is 2. The molecule has 0 radical (unpaired) electrons. The van der Waals surface area contributed by atoms with Crippen LogP contribution in [0, 0.1) is 0 Å². The normalized spacial score (nSPS) is 26.0. The molecule has 1 aliphatic heterocycles. The third-order valence-corrected chi connectivity index (χ3v) is 3.31. The van der Waals surface area contributed by atoms with Gasteiger partial charge in [0.05, 0.1) is 5.71 Å². The van der Waals surface area contributed by atoms with Crippen LogP contribution in [0.1, 0.15) is 40.5 Å². The second-order valence-electron chi connectivity index (χ2n) is 5.38. The molecule has 0 N–H and O–H groups in total. The largest absolute Gasteiger partial charge is 0.399 e. The summed E-state index contributed by atoms with van der Waals surface area (Å²) in [5, 5.41) is 4.10. The van der Waals surface area contributed by atoms with E-state index in [1.807, 2.05) is 0 Å². The first-order chi connectivity index (χ1) is 6.29. The molecule has 0 unspecified atom stereocenters. The van der Waals surface area contributed by atoms with Crippen molar-refractivity contribution in [3.63, 3.8) is 0 Å². The number of rotatable bonds is 1. The highest BCUT2D eigenvalue weighted by Crippen LogP contribution is 2.35. The zero-order valence-electron chi connectivity index (χ0n) is 10.2. The fourth-order valence-electron chi connectivity index (χ4n) is 2.31. The van der Waals surface area contributed by atoms with Crippen LogP contribution in [0.4, 0.5) is 0 Å². The van der Waals surface area contributed by atoms with Gasteiger partial charge >= 0.3 is 0 Å². The van der Waals surface area contributed by atoms with Crippen molar-refractivity contribution >= 4 is 5.71 Å². The average molecular weight is 198 g/mol. The average Bonchev–Trinajstić information content (AvgIpc) is 1.99. The first kappa shape index (κ1) is 11.5. The SMILES string of the molecule is CON=C1CC(C)(C)N(C)C(C)(C)C1. The first-order valence-electron chi connectivity index (χ1n) is 5.12. The highest BCUT2D eigenvalue weighted by molar-refractivity contribution is 5.87. The van der Waals surface area contributed by atoms with E-state index in [1.54, 1.807) is 7.11 Å². The van der Waals surface area contributed by atoms with Crippen LogP contribution in [0.25, 0.3) is 0 Å². The van der Waals surface area contributed by atoms with Gasteiger partial charge in [-0.1, -0.05) is 5.16 Å². The lowest BCUT2D eigenvalue weighted by atomic mass is 9.79. The van der Waals surface area contributed by atoms with E-state index in [0.717, 1.165) is 12.8 Å². The van der Waals surface area contributed by atoms with Crippen molar-refractivity contribution in [1.82, 2.24) is 4.90 Å². The fraction of sp³-hybridized carbons (Fsp3) is 0.909.